The highest BCUT2D eigenvalue weighted by Crippen LogP contribution is 2.17. The van der Waals surface area contributed by atoms with E-state index in [2.05, 4.69) is 16.8 Å². The highest BCUT2D eigenvalue weighted by molar-refractivity contribution is 7.09. The van der Waals surface area contributed by atoms with Crippen LogP contribution in [-0.4, -0.2) is 66.1 Å². The molecule has 0 aliphatic carbocycles. The number of hydrogen-bond acceptors (Lipinski definition) is 6. The van der Waals surface area contributed by atoms with Crippen LogP contribution in [0, 0.1) is 0 Å². The summed E-state index contributed by atoms with van der Waals surface area (Å²) in [6, 6.07) is 0.394. The second-order valence-electron chi connectivity index (χ2n) is 5.38. The van der Waals surface area contributed by atoms with E-state index in [-0.39, 0.29) is 30.7 Å². The molecule has 2 rings (SSSR count). The third kappa shape index (κ3) is 6.13. The molecule has 9 heteroatoms. The summed E-state index contributed by atoms with van der Waals surface area (Å²) >= 11 is 1.45. The first-order valence-electron chi connectivity index (χ1n) is 7.95. The predicted octanol–water partition coefficient (Wildman–Crippen LogP) is 2.02. The van der Waals surface area contributed by atoms with E-state index in [1.165, 1.54) is 11.3 Å². The van der Waals surface area contributed by atoms with Gasteiger partial charge in [0.2, 0.25) is 0 Å². The van der Waals surface area contributed by atoms with Gasteiger partial charge in [-0.25, -0.2) is 4.98 Å². The zero-order valence-electron chi connectivity index (χ0n) is 14.3. The van der Waals surface area contributed by atoms with Gasteiger partial charge in [0.05, 0.1) is 6.61 Å². The van der Waals surface area contributed by atoms with Crippen molar-refractivity contribution in [2.75, 3.05) is 39.4 Å². The van der Waals surface area contributed by atoms with Crippen molar-refractivity contribution < 1.29 is 9.53 Å². The molecule has 1 aliphatic heterocycles. The van der Waals surface area contributed by atoms with Gasteiger partial charge in [-0.05, 0) is 13.3 Å². The van der Waals surface area contributed by atoms with Gasteiger partial charge in [-0.2, -0.15) is 0 Å². The molecule has 1 aromatic rings. The second kappa shape index (κ2) is 12.0. The number of hydrogen-bond donors (Lipinski definition) is 1. The Morgan fingerprint density at radius 3 is 2.75 bits per heavy atom. The molecule has 0 saturated carbocycles. The Balaban J connectivity index is 0.00000264. The Labute approximate surface area is 160 Å². The molecule has 0 bridgehead atoms. The Bertz CT molecular complexity index is 490. The molecule has 1 amide bonds. The predicted molar refractivity (Wildman–Crippen MR) is 103 cm³/mol. The average Bonchev–Trinajstić information content (AvgIpc) is 3.03. The third-order valence-electron chi connectivity index (χ3n) is 4.04. The normalized spacial score (nSPS) is 18.0. The fraction of sp³-hybridized carbons (Fsp3) is 0.733. The lowest BCUT2D eigenvalue weighted by atomic mass is 10.1. The molecule has 0 aromatic carbocycles. The maximum atomic E-state index is 12.5. The maximum absolute atomic E-state index is 12.5. The summed E-state index contributed by atoms with van der Waals surface area (Å²) in [5.74, 6) is 0.0267. The molecule has 1 saturated heterocycles. The molecule has 1 unspecified atom stereocenters. The van der Waals surface area contributed by atoms with Crippen LogP contribution in [0.4, 0.5) is 0 Å². The van der Waals surface area contributed by atoms with Crippen LogP contribution in [0.5, 0.6) is 0 Å². The summed E-state index contributed by atoms with van der Waals surface area (Å²) in [7, 11) is 0. The molecular weight excluding hydrogens is 371 g/mol. The van der Waals surface area contributed by atoms with E-state index in [4.69, 9.17) is 10.5 Å². The van der Waals surface area contributed by atoms with E-state index in [1.807, 2.05) is 17.2 Å². The highest BCUT2D eigenvalue weighted by atomic mass is 35.5. The minimum atomic E-state index is 0. The number of halogens is 2. The molecule has 1 aromatic heterocycles. The van der Waals surface area contributed by atoms with Crippen molar-refractivity contribution in [3.05, 3.63) is 16.1 Å². The first-order chi connectivity index (χ1) is 10.7. The Morgan fingerprint density at radius 1 is 1.42 bits per heavy atom. The van der Waals surface area contributed by atoms with E-state index in [0.29, 0.717) is 18.3 Å². The Morgan fingerprint density at radius 2 is 2.17 bits per heavy atom. The number of carbonyl (C=O) groups is 1. The monoisotopic (exact) mass is 398 g/mol. The summed E-state index contributed by atoms with van der Waals surface area (Å²) in [6.45, 7) is 9.41. The zero-order valence-corrected chi connectivity index (χ0v) is 16.7. The fourth-order valence-corrected chi connectivity index (χ4v) is 3.40. The Hall–Kier alpha value is -0.440. The van der Waals surface area contributed by atoms with Crippen molar-refractivity contribution in [1.82, 2.24) is 14.8 Å². The van der Waals surface area contributed by atoms with Gasteiger partial charge in [-0.3, -0.25) is 9.69 Å². The lowest BCUT2D eigenvalue weighted by Crippen LogP contribution is -2.55. The van der Waals surface area contributed by atoms with Crippen LogP contribution in [-0.2, 0) is 11.3 Å². The van der Waals surface area contributed by atoms with Crippen LogP contribution in [0.25, 0.3) is 0 Å². The van der Waals surface area contributed by atoms with Gasteiger partial charge >= 0.3 is 0 Å². The summed E-state index contributed by atoms with van der Waals surface area (Å²) in [5.41, 5.74) is 6.10. The zero-order chi connectivity index (χ0) is 15.9. The van der Waals surface area contributed by atoms with Crippen molar-refractivity contribution in [2.24, 2.45) is 5.73 Å². The smallest absolute Gasteiger partial charge is 0.273 e. The van der Waals surface area contributed by atoms with Gasteiger partial charge in [0.1, 0.15) is 10.7 Å². The highest BCUT2D eigenvalue weighted by Gasteiger charge is 2.29. The van der Waals surface area contributed by atoms with Gasteiger partial charge in [-0.1, -0.05) is 6.92 Å². The van der Waals surface area contributed by atoms with E-state index in [0.717, 1.165) is 50.8 Å². The number of amides is 1. The summed E-state index contributed by atoms with van der Waals surface area (Å²) in [4.78, 5) is 21.2. The molecule has 1 atom stereocenters. The first kappa shape index (κ1) is 23.6. The molecule has 2 N–H and O–H groups in total. The number of piperazine rings is 1. The van der Waals surface area contributed by atoms with E-state index in [1.54, 1.807) is 0 Å². The van der Waals surface area contributed by atoms with Crippen molar-refractivity contribution in [3.8, 4) is 0 Å². The number of ether oxygens (including phenoxy) is 1. The van der Waals surface area contributed by atoms with Crippen molar-refractivity contribution in [2.45, 2.75) is 32.9 Å². The summed E-state index contributed by atoms with van der Waals surface area (Å²) in [6.07, 6.45) is 1.03. The number of aromatic nitrogens is 1. The standard InChI is InChI=1S/C15H26N4O2S.2ClH/c1-3-12-10-19(6-5-18(12)7-8-21-4-2)15(20)13-11-22-14(9-16)17-13;;/h11-12H,3-10,16H2,1-2H3;2*1H. The van der Waals surface area contributed by atoms with Gasteiger partial charge in [-0.15, -0.1) is 36.2 Å². The molecule has 0 radical (unpaired) electrons. The first-order valence-corrected chi connectivity index (χ1v) is 8.83. The molecule has 6 nitrogen and oxygen atoms in total. The average molecular weight is 399 g/mol. The maximum Gasteiger partial charge on any atom is 0.273 e. The number of rotatable bonds is 7. The topological polar surface area (TPSA) is 71.7 Å². The molecular formula is C15H28Cl2N4O2S. The minimum Gasteiger partial charge on any atom is -0.380 e. The Kier molecular flexibility index (Phi) is 11.8. The molecule has 0 spiro atoms. The lowest BCUT2D eigenvalue weighted by Gasteiger charge is -2.41. The van der Waals surface area contributed by atoms with Crippen LogP contribution in [0.2, 0.25) is 0 Å². The van der Waals surface area contributed by atoms with Crippen LogP contribution in [0.15, 0.2) is 5.38 Å². The van der Waals surface area contributed by atoms with E-state index < -0.39 is 0 Å². The summed E-state index contributed by atoms with van der Waals surface area (Å²) < 4.78 is 5.45. The third-order valence-corrected chi connectivity index (χ3v) is 4.91. The van der Waals surface area contributed by atoms with Crippen LogP contribution in [0.3, 0.4) is 0 Å². The van der Waals surface area contributed by atoms with E-state index in [9.17, 15) is 4.79 Å². The van der Waals surface area contributed by atoms with Crippen LogP contribution < -0.4 is 5.73 Å². The summed E-state index contributed by atoms with van der Waals surface area (Å²) in [5, 5.41) is 2.62. The number of thiazole rings is 1. The molecule has 1 fully saturated rings. The van der Waals surface area contributed by atoms with Crippen molar-refractivity contribution in [3.63, 3.8) is 0 Å². The van der Waals surface area contributed by atoms with Crippen molar-refractivity contribution in [1.29, 1.82) is 0 Å². The van der Waals surface area contributed by atoms with Crippen LogP contribution in [0.1, 0.15) is 35.8 Å². The van der Waals surface area contributed by atoms with Gasteiger partial charge < -0.3 is 15.4 Å². The van der Waals surface area contributed by atoms with Gasteiger partial charge in [0, 0.05) is 50.8 Å². The number of nitrogens with zero attached hydrogens (tertiary/aromatic N) is 3. The fourth-order valence-electron chi connectivity index (χ4n) is 2.75. The molecule has 24 heavy (non-hydrogen) atoms. The lowest BCUT2D eigenvalue weighted by molar-refractivity contribution is 0.0338. The molecule has 1 aliphatic rings. The molecule has 2 heterocycles. The van der Waals surface area contributed by atoms with E-state index >= 15 is 0 Å². The van der Waals surface area contributed by atoms with Crippen LogP contribution >= 0.6 is 36.2 Å². The minimum absolute atomic E-state index is 0. The largest absolute Gasteiger partial charge is 0.380 e. The SMILES string of the molecule is CCOCCN1CCN(C(=O)c2csc(CN)n2)CC1CC.Cl.Cl. The van der Waals surface area contributed by atoms with Gasteiger partial charge in [0.15, 0.2) is 0 Å². The number of carbonyl (C=O) groups excluding carboxylic acids is 1. The quantitative estimate of drug-likeness (QED) is 0.711. The van der Waals surface area contributed by atoms with Crippen molar-refractivity contribution >= 4 is 42.1 Å². The second-order valence-corrected chi connectivity index (χ2v) is 6.32. The van der Waals surface area contributed by atoms with Gasteiger partial charge in [0.25, 0.3) is 5.91 Å². The number of nitrogens with two attached hydrogens (primary N) is 1. The molecule has 140 valence electrons.